The van der Waals surface area contributed by atoms with Crippen molar-refractivity contribution in [2.45, 2.75) is 18.2 Å². The van der Waals surface area contributed by atoms with E-state index in [0.29, 0.717) is 6.54 Å². The Bertz CT molecular complexity index is 852. The number of hydrogen-bond donors (Lipinski definition) is 0. The molecule has 25 heavy (non-hydrogen) atoms. The van der Waals surface area contributed by atoms with E-state index in [1.165, 1.54) is 0 Å². The number of benzene rings is 2. The topological polar surface area (TPSA) is 63.7 Å². The van der Waals surface area contributed by atoms with Crippen LogP contribution in [-0.2, 0) is 25.5 Å². The third-order valence-corrected chi connectivity index (χ3v) is 5.68. The fraction of sp³-hybridized carbons (Fsp3) is 0.278. The van der Waals surface area contributed by atoms with Gasteiger partial charge in [-0.05, 0) is 37.1 Å². The van der Waals surface area contributed by atoms with Gasteiger partial charge in [-0.1, -0.05) is 35.9 Å². The van der Waals surface area contributed by atoms with Crippen molar-refractivity contribution in [1.82, 2.24) is 0 Å². The molecule has 0 spiro atoms. The molecule has 1 unspecified atom stereocenters. The van der Waals surface area contributed by atoms with Gasteiger partial charge in [0.15, 0.2) is 0 Å². The SMILES string of the molecule is Cc1ccc(S(=O)(=O)OCC2Cc3ccccc3N(BC=O)C2)cc1. The molecule has 2 aromatic rings. The smallest absolute Gasteiger partial charge is 0.310 e. The van der Waals surface area contributed by atoms with Crippen LogP contribution in [0.15, 0.2) is 53.4 Å². The number of fused-ring (bicyclic) bond motifs is 1. The van der Waals surface area contributed by atoms with Crippen molar-refractivity contribution in [3.8, 4) is 0 Å². The van der Waals surface area contributed by atoms with Crippen LogP contribution in [0.3, 0.4) is 0 Å². The summed E-state index contributed by atoms with van der Waals surface area (Å²) in [5.74, 6) is 0.00933. The predicted molar refractivity (Wildman–Crippen MR) is 99.2 cm³/mol. The Balaban J connectivity index is 1.71. The summed E-state index contributed by atoms with van der Waals surface area (Å²) in [6.45, 7) is 2.59. The quantitative estimate of drug-likeness (QED) is 0.449. The summed E-state index contributed by atoms with van der Waals surface area (Å²) in [4.78, 5) is 13.1. The average Bonchev–Trinajstić information content (AvgIpc) is 2.61. The summed E-state index contributed by atoms with van der Waals surface area (Å²) in [5, 5.41) is 0. The third kappa shape index (κ3) is 4.11. The molecule has 7 heteroatoms. The summed E-state index contributed by atoms with van der Waals surface area (Å²) >= 11 is 0. The minimum atomic E-state index is -3.77. The van der Waals surface area contributed by atoms with Crippen LogP contribution < -0.4 is 4.81 Å². The Labute approximate surface area is 149 Å². The molecular weight excluding hydrogens is 337 g/mol. The number of carbonyl (C=O) groups is 1. The summed E-state index contributed by atoms with van der Waals surface area (Å²) in [5.41, 5.74) is 3.14. The lowest BCUT2D eigenvalue weighted by Crippen LogP contribution is -2.40. The maximum Gasteiger partial charge on any atom is 0.310 e. The Morgan fingerprint density at radius 1 is 1.20 bits per heavy atom. The number of anilines is 1. The molecule has 1 aliphatic rings. The highest BCUT2D eigenvalue weighted by Gasteiger charge is 2.26. The Kier molecular flexibility index (Phi) is 5.25. The fourth-order valence-electron chi connectivity index (χ4n) is 3.11. The van der Waals surface area contributed by atoms with Gasteiger partial charge >= 0.3 is 7.41 Å². The first-order valence-electron chi connectivity index (χ1n) is 8.22. The van der Waals surface area contributed by atoms with Gasteiger partial charge in [-0.3, -0.25) is 4.18 Å². The van der Waals surface area contributed by atoms with E-state index in [1.54, 1.807) is 24.3 Å². The van der Waals surface area contributed by atoms with Crippen molar-refractivity contribution in [2.24, 2.45) is 5.92 Å². The van der Waals surface area contributed by atoms with E-state index in [4.69, 9.17) is 4.18 Å². The number of hydrogen-bond acceptors (Lipinski definition) is 5. The molecule has 0 aromatic heterocycles. The van der Waals surface area contributed by atoms with E-state index in [1.807, 2.05) is 36.0 Å². The van der Waals surface area contributed by atoms with Crippen LogP contribution in [-0.4, -0.2) is 35.2 Å². The van der Waals surface area contributed by atoms with Gasteiger partial charge in [0, 0.05) is 18.2 Å². The lowest BCUT2D eigenvalue weighted by molar-refractivity contribution is 0.254. The van der Waals surface area contributed by atoms with Crippen molar-refractivity contribution in [1.29, 1.82) is 0 Å². The van der Waals surface area contributed by atoms with Crippen molar-refractivity contribution >= 4 is 29.4 Å². The standard InChI is InChI=1S/C18H20BNO4S/c1-14-6-8-17(9-7-14)25(22,23)24-12-15-10-16-4-2-3-5-18(16)20(11-15)19-13-21/h2-9,13,15,19H,10-12H2,1H3. The second-order valence-corrected chi connectivity index (χ2v) is 7.94. The number of rotatable bonds is 6. The first kappa shape index (κ1) is 17.7. The van der Waals surface area contributed by atoms with Gasteiger partial charge in [0.1, 0.15) is 6.19 Å². The molecule has 0 aliphatic carbocycles. The minimum Gasteiger partial charge on any atom is -0.411 e. The van der Waals surface area contributed by atoms with E-state index in [2.05, 4.69) is 0 Å². The normalized spacial score (nSPS) is 17.0. The molecule has 1 atom stereocenters. The molecule has 0 saturated carbocycles. The van der Waals surface area contributed by atoms with Crippen LogP contribution >= 0.6 is 0 Å². The van der Waals surface area contributed by atoms with Gasteiger partial charge in [0.25, 0.3) is 10.1 Å². The summed E-state index contributed by atoms with van der Waals surface area (Å²) < 4.78 is 30.0. The number of para-hydroxylation sites is 1. The lowest BCUT2D eigenvalue weighted by Gasteiger charge is -2.35. The van der Waals surface area contributed by atoms with Crippen LogP contribution in [0, 0.1) is 12.8 Å². The number of aryl methyl sites for hydroxylation is 1. The van der Waals surface area contributed by atoms with Gasteiger partial charge in [-0.2, -0.15) is 8.42 Å². The maximum atomic E-state index is 12.3. The van der Waals surface area contributed by atoms with E-state index >= 15 is 0 Å². The van der Waals surface area contributed by atoms with Gasteiger partial charge in [0.2, 0.25) is 0 Å². The van der Waals surface area contributed by atoms with E-state index in [-0.39, 0.29) is 24.8 Å². The van der Waals surface area contributed by atoms with Crippen LogP contribution in [0.1, 0.15) is 11.1 Å². The van der Waals surface area contributed by atoms with Crippen molar-refractivity contribution in [3.05, 3.63) is 59.7 Å². The molecule has 0 amide bonds. The first-order valence-corrected chi connectivity index (χ1v) is 9.63. The Morgan fingerprint density at radius 3 is 2.64 bits per heavy atom. The molecule has 1 heterocycles. The number of nitrogens with zero attached hydrogens (tertiary/aromatic N) is 1. The number of carbonyl (C=O) groups excluding carboxylic acids is 1. The zero-order valence-corrected chi connectivity index (χ0v) is 14.9. The van der Waals surface area contributed by atoms with Gasteiger partial charge < -0.3 is 9.61 Å². The van der Waals surface area contributed by atoms with E-state index < -0.39 is 10.1 Å². The summed E-state index contributed by atoms with van der Waals surface area (Å²) in [6, 6.07) is 14.5. The lowest BCUT2D eigenvalue weighted by atomic mass is 9.84. The van der Waals surface area contributed by atoms with Crippen LogP contribution in [0.4, 0.5) is 5.69 Å². The molecule has 0 bridgehead atoms. The van der Waals surface area contributed by atoms with Crippen LogP contribution in [0.5, 0.6) is 0 Å². The summed E-state index contributed by atoms with van der Waals surface area (Å²) in [6.07, 6.45) is 1.60. The molecule has 2 aromatic carbocycles. The monoisotopic (exact) mass is 357 g/mol. The molecule has 0 fully saturated rings. The second kappa shape index (κ2) is 7.41. The van der Waals surface area contributed by atoms with Crippen LogP contribution in [0.25, 0.3) is 0 Å². The van der Waals surface area contributed by atoms with Gasteiger partial charge in [-0.25, -0.2) is 0 Å². The Morgan fingerprint density at radius 2 is 1.92 bits per heavy atom. The minimum absolute atomic E-state index is 0.00933. The van der Waals surface area contributed by atoms with Crippen molar-refractivity contribution < 1.29 is 17.4 Å². The molecule has 0 radical (unpaired) electrons. The molecule has 3 rings (SSSR count). The van der Waals surface area contributed by atoms with Gasteiger partial charge in [0.05, 0.1) is 11.5 Å². The highest BCUT2D eigenvalue weighted by atomic mass is 32.2. The van der Waals surface area contributed by atoms with Crippen molar-refractivity contribution in [3.63, 3.8) is 0 Å². The molecule has 5 nitrogen and oxygen atoms in total. The first-order chi connectivity index (χ1) is 12.0. The Hall–Kier alpha value is -2.12. The predicted octanol–water partition coefficient (Wildman–Crippen LogP) is 1.92. The molecule has 1 aliphatic heterocycles. The maximum absolute atomic E-state index is 12.3. The van der Waals surface area contributed by atoms with Crippen molar-refractivity contribution in [2.75, 3.05) is 18.0 Å². The second-order valence-electron chi connectivity index (χ2n) is 6.32. The molecule has 0 saturated heterocycles. The highest BCUT2D eigenvalue weighted by molar-refractivity contribution is 7.86. The molecular formula is C18H20BNO4S. The van der Waals surface area contributed by atoms with Gasteiger partial charge in [-0.15, -0.1) is 0 Å². The van der Waals surface area contributed by atoms with E-state index in [9.17, 15) is 13.2 Å². The molecule has 130 valence electrons. The zero-order chi connectivity index (χ0) is 17.9. The molecule has 0 N–H and O–H groups in total. The summed E-state index contributed by atoms with van der Waals surface area (Å²) in [7, 11) is -3.48. The highest BCUT2D eigenvalue weighted by Crippen LogP contribution is 2.29. The average molecular weight is 357 g/mol. The third-order valence-electron chi connectivity index (χ3n) is 4.38. The van der Waals surface area contributed by atoms with Crippen LogP contribution in [0.2, 0.25) is 0 Å². The largest absolute Gasteiger partial charge is 0.411 e. The zero-order valence-electron chi connectivity index (χ0n) is 14.1. The fourth-order valence-corrected chi connectivity index (χ4v) is 4.09. The van der Waals surface area contributed by atoms with E-state index in [0.717, 1.165) is 29.4 Å².